The average molecular weight is 220 g/mol. The van der Waals surface area contributed by atoms with Gasteiger partial charge < -0.3 is 10.2 Å². The smallest absolute Gasteiger partial charge is 0.237 e. The van der Waals surface area contributed by atoms with Gasteiger partial charge in [-0.25, -0.2) is 8.42 Å². The van der Waals surface area contributed by atoms with Crippen LogP contribution in [0.5, 0.6) is 0 Å². The summed E-state index contributed by atoms with van der Waals surface area (Å²) in [6, 6.07) is 0. The van der Waals surface area contributed by atoms with E-state index in [9.17, 15) is 13.2 Å². The number of amides is 1. The maximum Gasteiger partial charge on any atom is 0.237 e. The van der Waals surface area contributed by atoms with Crippen molar-refractivity contribution in [3.8, 4) is 0 Å². The summed E-state index contributed by atoms with van der Waals surface area (Å²) in [4.78, 5) is 12.5. The van der Waals surface area contributed by atoms with E-state index >= 15 is 0 Å². The van der Waals surface area contributed by atoms with Crippen molar-refractivity contribution in [2.24, 2.45) is 0 Å². The normalized spacial score (nSPS) is 22.3. The Bertz CT molecular complexity index is 305. The molecular formula is C8H16N2O3S. The van der Waals surface area contributed by atoms with Crippen molar-refractivity contribution in [1.29, 1.82) is 0 Å². The fourth-order valence-corrected chi connectivity index (χ4v) is 3.04. The van der Waals surface area contributed by atoms with Crippen molar-refractivity contribution < 1.29 is 13.2 Å². The van der Waals surface area contributed by atoms with Crippen molar-refractivity contribution in [2.75, 3.05) is 32.9 Å². The Morgan fingerprint density at radius 1 is 1.50 bits per heavy atom. The van der Waals surface area contributed by atoms with Crippen molar-refractivity contribution in [3.05, 3.63) is 0 Å². The molecule has 82 valence electrons. The summed E-state index contributed by atoms with van der Waals surface area (Å²) in [6.07, 6.45) is 0.614. The predicted molar refractivity (Wildman–Crippen MR) is 53.8 cm³/mol. The van der Waals surface area contributed by atoms with Crippen LogP contribution in [0.4, 0.5) is 0 Å². The molecule has 1 amide bonds. The van der Waals surface area contributed by atoms with Gasteiger partial charge >= 0.3 is 0 Å². The van der Waals surface area contributed by atoms with Crippen LogP contribution in [0.2, 0.25) is 0 Å². The molecule has 0 saturated carbocycles. The fraction of sp³-hybridized carbons (Fsp3) is 0.875. The summed E-state index contributed by atoms with van der Waals surface area (Å²) >= 11 is 0. The lowest BCUT2D eigenvalue weighted by Gasteiger charge is -2.13. The first-order valence-corrected chi connectivity index (χ1v) is 6.27. The number of nitrogens with one attached hydrogen (secondary N) is 1. The fourth-order valence-electron chi connectivity index (χ4n) is 1.35. The summed E-state index contributed by atoms with van der Waals surface area (Å²) in [5.74, 6) is -0.719. The van der Waals surface area contributed by atoms with E-state index < -0.39 is 9.84 Å². The molecule has 0 spiro atoms. The van der Waals surface area contributed by atoms with E-state index in [-0.39, 0.29) is 16.9 Å². The molecule has 0 aromatic carbocycles. The van der Waals surface area contributed by atoms with Gasteiger partial charge in [0.15, 0.2) is 9.84 Å². The lowest BCUT2D eigenvalue weighted by Crippen LogP contribution is -2.35. The molecule has 1 saturated heterocycles. The molecule has 1 atom stereocenters. The number of rotatable bonds is 3. The maximum atomic E-state index is 11.7. The molecule has 0 bridgehead atoms. The highest BCUT2D eigenvalue weighted by Gasteiger charge is 2.30. The van der Waals surface area contributed by atoms with Gasteiger partial charge in [-0.3, -0.25) is 4.79 Å². The molecule has 0 radical (unpaired) electrons. The largest absolute Gasteiger partial charge is 0.348 e. The Hall–Kier alpha value is -0.620. The molecule has 1 aliphatic heterocycles. The molecule has 0 aromatic rings. The van der Waals surface area contributed by atoms with Crippen LogP contribution in [0.25, 0.3) is 0 Å². The summed E-state index contributed by atoms with van der Waals surface area (Å²) < 4.78 is 23.3. The van der Waals surface area contributed by atoms with Gasteiger partial charge in [0.25, 0.3) is 0 Å². The number of nitrogens with zero attached hydrogens (tertiary/aromatic N) is 1. The van der Waals surface area contributed by atoms with Crippen molar-refractivity contribution >= 4 is 15.7 Å². The lowest BCUT2D eigenvalue weighted by atomic mass is 10.4. The highest BCUT2D eigenvalue weighted by Crippen LogP contribution is 2.11. The van der Waals surface area contributed by atoms with Gasteiger partial charge in [-0.05, 0) is 13.0 Å². The first-order valence-electron chi connectivity index (χ1n) is 4.56. The molecule has 0 aromatic heterocycles. The van der Waals surface area contributed by atoms with Gasteiger partial charge in [0.1, 0.15) is 5.75 Å². The van der Waals surface area contributed by atoms with Crippen LogP contribution in [-0.4, -0.2) is 57.4 Å². The topological polar surface area (TPSA) is 66.5 Å². The zero-order chi connectivity index (χ0) is 10.8. The molecule has 1 unspecified atom stereocenters. The minimum Gasteiger partial charge on any atom is -0.348 e. The first-order chi connectivity index (χ1) is 6.43. The second-order valence-corrected chi connectivity index (χ2v) is 5.99. The van der Waals surface area contributed by atoms with Crippen LogP contribution in [0, 0.1) is 0 Å². The standard InChI is InChI=1S/C8H16N2O3S/c1-10(2)8(11)6-14(12,13)7-3-4-9-5-7/h7,9H,3-6H2,1-2H3. The molecule has 1 N–H and O–H groups in total. The van der Waals surface area contributed by atoms with Gasteiger partial charge in [-0.1, -0.05) is 0 Å². The minimum atomic E-state index is -3.26. The Balaban J connectivity index is 2.62. The summed E-state index contributed by atoms with van der Waals surface area (Å²) in [5, 5.41) is 2.59. The van der Waals surface area contributed by atoms with E-state index in [1.54, 1.807) is 14.1 Å². The summed E-state index contributed by atoms with van der Waals surface area (Å²) in [5.41, 5.74) is 0. The molecule has 1 fully saturated rings. The quantitative estimate of drug-likeness (QED) is 0.652. The Morgan fingerprint density at radius 3 is 2.57 bits per heavy atom. The number of carbonyl (C=O) groups is 1. The van der Waals surface area contributed by atoms with E-state index in [1.807, 2.05) is 0 Å². The Kier molecular flexibility index (Phi) is 3.49. The van der Waals surface area contributed by atoms with Crippen LogP contribution in [-0.2, 0) is 14.6 Å². The molecule has 14 heavy (non-hydrogen) atoms. The summed E-state index contributed by atoms with van der Waals surface area (Å²) in [7, 11) is -0.137. The van der Waals surface area contributed by atoms with Crippen molar-refractivity contribution in [3.63, 3.8) is 0 Å². The lowest BCUT2D eigenvalue weighted by molar-refractivity contribution is -0.125. The number of sulfone groups is 1. The second-order valence-electron chi connectivity index (χ2n) is 3.71. The number of hydrogen-bond acceptors (Lipinski definition) is 4. The van der Waals surface area contributed by atoms with Crippen LogP contribution >= 0.6 is 0 Å². The van der Waals surface area contributed by atoms with E-state index in [2.05, 4.69) is 5.32 Å². The third-order valence-electron chi connectivity index (χ3n) is 2.35. The zero-order valence-electron chi connectivity index (χ0n) is 8.49. The molecule has 0 aliphatic carbocycles. The third-order valence-corrected chi connectivity index (χ3v) is 4.41. The van der Waals surface area contributed by atoms with E-state index in [0.717, 1.165) is 6.54 Å². The zero-order valence-corrected chi connectivity index (χ0v) is 9.30. The highest BCUT2D eigenvalue weighted by atomic mass is 32.2. The van der Waals surface area contributed by atoms with E-state index in [0.29, 0.717) is 13.0 Å². The van der Waals surface area contributed by atoms with Gasteiger partial charge in [0.2, 0.25) is 5.91 Å². The molecular weight excluding hydrogens is 204 g/mol. The van der Waals surface area contributed by atoms with Crippen LogP contribution in [0.1, 0.15) is 6.42 Å². The van der Waals surface area contributed by atoms with Gasteiger partial charge in [-0.15, -0.1) is 0 Å². The van der Waals surface area contributed by atoms with Crippen LogP contribution in [0.3, 0.4) is 0 Å². The number of carbonyl (C=O) groups excluding carboxylic acids is 1. The highest BCUT2D eigenvalue weighted by molar-refractivity contribution is 7.92. The van der Waals surface area contributed by atoms with Gasteiger partial charge in [0, 0.05) is 20.6 Å². The second kappa shape index (κ2) is 4.27. The maximum absolute atomic E-state index is 11.7. The minimum absolute atomic E-state index is 0.350. The van der Waals surface area contributed by atoms with Gasteiger partial charge in [-0.2, -0.15) is 0 Å². The van der Waals surface area contributed by atoms with Crippen LogP contribution < -0.4 is 5.32 Å². The molecule has 1 heterocycles. The molecule has 6 heteroatoms. The third kappa shape index (κ3) is 2.68. The average Bonchev–Trinajstić information content (AvgIpc) is 2.54. The van der Waals surface area contributed by atoms with Crippen LogP contribution in [0.15, 0.2) is 0 Å². The Morgan fingerprint density at radius 2 is 2.14 bits per heavy atom. The molecule has 5 nitrogen and oxygen atoms in total. The van der Waals surface area contributed by atoms with Crippen molar-refractivity contribution in [1.82, 2.24) is 10.2 Å². The first kappa shape index (κ1) is 11.5. The van der Waals surface area contributed by atoms with Gasteiger partial charge in [0.05, 0.1) is 5.25 Å². The number of hydrogen-bond donors (Lipinski definition) is 1. The van der Waals surface area contributed by atoms with Crippen molar-refractivity contribution in [2.45, 2.75) is 11.7 Å². The Labute approximate surface area is 84.4 Å². The predicted octanol–water partition coefficient (Wildman–Crippen LogP) is -1.15. The SMILES string of the molecule is CN(C)C(=O)CS(=O)(=O)C1CCNC1. The molecule has 1 rings (SSSR count). The molecule has 1 aliphatic rings. The van der Waals surface area contributed by atoms with E-state index in [1.165, 1.54) is 4.90 Å². The van der Waals surface area contributed by atoms with E-state index in [4.69, 9.17) is 0 Å². The monoisotopic (exact) mass is 220 g/mol. The summed E-state index contributed by atoms with van der Waals surface area (Å²) in [6.45, 7) is 1.20.